The summed E-state index contributed by atoms with van der Waals surface area (Å²) < 4.78 is 6.09. The lowest BCUT2D eigenvalue weighted by Crippen LogP contribution is -2.33. The number of anilines is 1. The molecular formula is C29H28Cl2N6O3. The summed E-state index contributed by atoms with van der Waals surface area (Å²) in [5.74, 6) is 0.792. The minimum Gasteiger partial charge on any atom is -0.481 e. The number of aliphatic carboxylic acids is 1. The zero-order valence-electron chi connectivity index (χ0n) is 21.6. The molecule has 4 heterocycles. The molecule has 1 fully saturated rings. The first-order valence-electron chi connectivity index (χ1n) is 12.9. The van der Waals surface area contributed by atoms with Crippen molar-refractivity contribution in [2.24, 2.45) is 5.92 Å². The molecule has 1 aliphatic rings. The maximum absolute atomic E-state index is 11.1. The van der Waals surface area contributed by atoms with E-state index in [0.717, 1.165) is 42.6 Å². The van der Waals surface area contributed by atoms with Gasteiger partial charge in [0.05, 0.1) is 18.1 Å². The second-order valence-electron chi connectivity index (χ2n) is 9.73. The van der Waals surface area contributed by atoms with Crippen LogP contribution >= 0.6 is 23.2 Å². The Morgan fingerprint density at radius 3 is 2.45 bits per heavy atom. The molecule has 0 bridgehead atoms. The number of benzene rings is 1. The van der Waals surface area contributed by atoms with E-state index in [0.29, 0.717) is 46.4 Å². The number of likely N-dealkylation sites (tertiary alicyclic amines) is 1. The molecule has 0 radical (unpaired) electrons. The van der Waals surface area contributed by atoms with Crippen molar-refractivity contribution in [3.8, 4) is 22.9 Å². The van der Waals surface area contributed by atoms with Crippen LogP contribution in [0.2, 0.25) is 10.0 Å². The highest BCUT2D eigenvalue weighted by Gasteiger charge is 2.22. The number of halogens is 2. The molecule has 0 amide bonds. The lowest BCUT2D eigenvalue weighted by molar-refractivity contribution is -0.138. The molecule has 0 saturated carbocycles. The van der Waals surface area contributed by atoms with E-state index in [2.05, 4.69) is 25.2 Å². The Bertz CT molecular complexity index is 1430. The van der Waals surface area contributed by atoms with Crippen molar-refractivity contribution in [2.75, 3.05) is 18.4 Å². The predicted molar refractivity (Wildman–Crippen MR) is 154 cm³/mol. The van der Waals surface area contributed by atoms with Crippen LogP contribution in [0.1, 0.15) is 30.4 Å². The largest absolute Gasteiger partial charge is 0.481 e. The van der Waals surface area contributed by atoms with Crippen molar-refractivity contribution >= 4 is 35.1 Å². The minimum atomic E-state index is -0.736. The van der Waals surface area contributed by atoms with Crippen molar-refractivity contribution in [1.82, 2.24) is 24.8 Å². The lowest BCUT2D eigenvalue weighted by atomic mass is 9.93. The summed E-state index contributed by atoms with van der Waals surface area (Å²) in [5, 5.41) is 13.3. The molecule has 0 spiro atoms. The van der Waals surface area contributed by atoms with Crippen LogP contribution in [0.25, 0.3) is 11.3 Å². The summed E-state index contributed by atoms with van der Waals surface area (Å²) in [5.41, 5.74) is 3.47. The van der Waals surface area contributed by atoms with Gasteiger partial charge in [-0.05, 0) is 73.3 Å². The third kappa shape index (κ3) is 7.88. The van der Waals surface area contributed by atoms with E-state index >= 15 is 0 Å². The van der Waals surface area contributed by atoms with Gasteiger partial charge in [0.15, 0.2) is 5.75 Å². The molecule has 1 aromatic carbocycles. The quantitative estimate of drug-likeness (QED) is 0.222. The number of nitrogens with one attached hydrogen (secondary N) is 1. The molecular weight excluding hydrogens is 551 g/mol. The molecule has 5 rings (SSSR count). The first-order valence-corrected chi connectivity index (χ1v) is 13.7. The SMILES string of the molecule is O=C(O)CC1CCN(Cc2cc(Oc3cnc(NCc4cccnc4)nc3)nc(-c3cc(Cl)cc(Cl)c3)c2)CC1. The van der Waals surface area contributed by atoms with Crippen molar-refractivity contribution in [3.05, 3.63) is 88.4 Å². The molecule has 40 heavy (non-hydrogen) atoms. The number of nitrogens with zero attached hydrogens (tertiary/aromatic N) is 5. The van der Waals surface area contributed by atoms with Crippen LogP contribution in [-0.4, -0.2) is 49.0 Å². The second kappa shape index (κ2) is 13.0. The molecule has 3 aromatic heterocycles. The van der Waals surface area contributed by atoms with Gasteiger partial charge in [-0.15, -0.1) is 0 Å². The van der Waals surface area contributed by atoms with E-state index in [1.54, 1.807) is 30.9 Å². The number of hydrogen-bond donors (Lipinski definition) is 2. The Labute approximate surface area is 242 Å². The number of ether oxygens (including phenoxy) is 1. The molecule has 1 aliphatic heterocycles. The molecule has 0 atom stereocenters. The summed E-state index contributed by atoms with van der Waals surface area (Å²) in [6, 6.07) is 13.0. The van der Waals surface area contributed by atoms with Gasteiger partial charge in [0.25, 0.3) is 0 Å². The van der Waals surface area contributed by atoms with Gasteiger partial charge >= 0.3 is 5.97 Å². The number of carboxylic acids is 1. The summed E-state index contributed by atoms with van der Waals surface area (Å²) in [6.07, 6.45) is 8.64. The van der Waals surface area contributed by atoms with Gasteiger partial charge in [0, 0.05) is 53.6 Å². The molecule has 11 heteroatoms. The van der Waals surface area contributed by atoms with Crippen molar-refractivity contribution in [3.63, 3.8) is 0 Å². The summed E-state index contributed by atoms with van der Waals surface area (Å²) in [7, 11) is 0. The zero-order valence-corrected chi connectivity index (χ0v) is 23.1. The molecule has 4 aromatic rings. The van der Waals surface area contributed by atoms with Gasteiger partial charge < -0.3 is 15.2 Å². The van der Waals surface area contributed by atoms with Crippen molar-refractivity contribution in [1.29, 1.82) is 0 Å². The van der Waals surface area contributed by atoms with Crippen LogP contribution < -0.4 is 10.1 Å². The number of piperidine rings is 1. The molecule has 2 N–H and O–H groups in total. The number of hydrogen-bond acceptors (Lipinski definition) is 8. The number of rotatable bonds is 10. The van der Waals surface area contributed by atoms with E-state index in [1.807, 2.05) is 36.4 Å². The normalized spacial score (nSPS) is 14.2. The van der Waals surface area contributed by atoms with Crippen LogP contribution in [0.15, 0.2) is 67.3 Å². The van der Waals surface area contributed by atoms with Crippen molar-refractivity contribution in [2.45, 2.75) is 32.4 Å². The standard InChI is InChI=1S/C29H28Cl2N6O3/c30-23-11-22(12-24(31)13-23)26-8-21(18-37-6-3-19(4-7-37)10-28(38)39)9-27(36-26)40-25-16-34-29(35-17-25)33-15-20-2-1-5-32-14-20/h1-2,5,8-9,11-14,16-17,19H,3-4,6-7,10,15,18H2,(H,38,39)(H,33,34,35). The lowest BCUT2D eigenvalue weighted by Gasteiger charge is -2.31. The fraction of sp³-hybridized carbons (Fsp3) is 0.276. The van der Waals surface area contributed by atoms with Crippen LogP contribution in [-0.2, 0) is 17.9 Å². The van der Waals surface area contributed by atoms with E-state index in [1.165, 1.54) is 0 Å². The molecule has 9 nitrogen and oxygen atoms in total. The second-order valence-corrected chi connectivity index (χ2v) is 10.6. The molecule has 206 valence electrons. The third-order valence-corrected chi connectivity index (χ3v) is 7.06. The van der Waals surface area contributed by atoms with Gasteiger partial charge in [-0.3, -0.25) is 14.7 Å². The summed E-state index contributed by atoms with van der Waals surface area (Å²) in [6.45, 7) is 2.89. The zero-order chi connectivity index (χ0) is 27.9. The third-order valence-electron chi connectivity index (χ3n) is 6.62. The maximum atomic E-state index is 11.1. The van der Waals surface area contributed by atoms with Crippen LogP contribution in [0.4, 0.5) is 5.95 Å². The van der Waals surface area contributed by atoms with E-state index in [4.69, 9.17) is 38.0 Å². The summed E-state index contributed by atoms with van der Waals surface area (Å²) >= 11 is 12.5. The fourth-order valence-electron chi connectivity index (χ4n) is 4.67. The Morgan fingerprint density at radius 2 is 1.77 bits per heavy atom. The Hall–Kier alpha value is -3.79. The minimum absolute atomic E-state index is 0.219. The first kappa shape index (κ1) is 27.8. The Balaban J connectivity index is 1.32. The maximum Gasteiger partial charge on any atom is 0.303 e. The van der Waals surface area contributed by atoms with E-state index in [-0.39, 0.29) is 12.3 Å². The van der Waals surface area contributed by atoms with Gasteiger partial charge in [0.1, 0.15) is 0 Å². The average molecular weight is 579 g/mol. The Morgan fingerprint density at radius 1 is 1.02 bits per heavy atom. The number of carbonyl (C=O) groups is 1. The number of pyridine rings is 2. The highest BCUT2D eigenvalue weighted by atomic mass is 35.5. The van der Waals surface area contributed by atoms with Crippen molar-refractivity contribution < 1.29 is 14.6 Å². The highest BCUT2D eigenvalue weighted by Crippen LogP contribution is 2.31. The number of aromatic nitrogens is 4. The van der Waals surface area contributed by atoms with E-state index in [9.17, 15) is 4.79 Å². The molecule has 0 aliphatic carbocycles. The van der Waals surface area contributed by atoms with Crippen LogP contribution in [0, 0.1) is 5.92 Å². The fourth-order valence-corrected chi connectivity index (χ4v) is 5.20. The van der Waals surface area contributed by atoms with Gasteiger partial charge in [0.2, 0.25) is 11.8 Å². The van der Waals surface area contributed by atoms with Gasteiger partial charge in [-0.2, -0.15) is 0 Å². The predicted octanol–water partition coefficient (Wildman–Crippen LogP) is 6.33. The van der Waals surface area contributed by atoms with Crippen LogP contribution in [0.3, 0.4) is 0 Å². The van der Waals surface area contributed by atoms with Gasteiger partial charge in [-0.25, -0.2) is 15.0 Å². The smallest absolute Gasteiger partial charge is 0.303 e. The highest BCUT2D eigenvalue weighted by molar-refractivity contribution is 6.35. The summed E-state index contributed by atoms with van der Waals surface area (Å²) in [4.78, 5) is 30.9. The number of carboxylic acid groups (broad SMARTS) is 1. The van der Waals surface area contributed by atoms with E-state index < -0.39 is 5.97 Å². The Kier molecular flexibility index (Phi) is 9.05. The molecule has 1 saturated heterocycles. The first-order chi connectivity index (χ1) is 19.4. The van der Waals surface area contributed by atoms with Gasteiger partial charge in [-0.1, -0.05) is 29.3 Å². The monoisotopic (exact) mass is 578 g/mol. The molecule has 0 unspecified atom stereocenters. The topological polar surface area (TPSA) is 113 Å². The average Bonchev–Trinajstić information content (AvgIpc) is 2.93. The van der Waals surface area contributed by atoms with Crippen LogP contribution in [0.5, 0.6) is 11.6 Å².